The Kier molecular flexibility index (Phi) is 3.10. The van der Waals surface area contributed by atoms with Crippen molar-refractivity contribution < 1.29 is 4.74 Å². The zero-order chi connectivity index (χ0) is 10.0. The van der Waals surface area contributed by atoms with Gasteiger partial charge in [0.1, 0.15) is 0 Å². The molecule has 0 aromatic carbocycles. The van der Waals surface area contributed by atoms with Crippen molar-refractivity contribution in [1.82, 2.24) is 4.90 Å². The van der Waals surface area contributed by atoms with Crippen molar-refractivity contribution >= 4 is 0 Å². The minimum Gasteiger partial charge on any atom is -0.379 e. The van der Waals surface area contributed by atoms with Gasteiger partial charge in [-0.05, 0) is 32.2 Å². The summed E-state index contributed by atoms with van der Waals surface area (Å²) in [6.07, 6.45) is 4.99. The second-order valence-corrected chi connectivity index (χ2v) is 4.84. The van der Waals surface area contributed by atoms with Gasteiger partial charge in [-0.25, -0.2) is 0 Å². The molecule has 2 rings (SSSR count). The highest BCUT2D eigenvalue weighted by Crippen LogP contribution is 2.24. The lowest BCUT2D eigenvalue weighted by Gasteiger charge is -2.32. The second kappa shape index (κ2) is 4.17. The molecule has 2 aliphatic heterocycles. The third kappa shape index (κ3) is 2.10. The summed E-state index contributed by atoms with van der Waals surface area (Å²) in [5.41, 5.74) is 6.23. The molecule has 2 atom stereocenters. The van der Waals surface area contributed by atoms with E-state index in [-0.39, 0.29) is 5.54 Å². The molecule has 3 heteroatoms. The van der Waals surface area contributed by atoms with Crippen LogP contribution in [0.2, 0.25) is 0 Å². The fourth-order valence-corrected chi connectivity index (χ4v) is 2.72. The third-order valence-electron chi connectivity index (χ3n) is 3.62. The van der Waals surface area contributed by atoms with Gasteiger partial charge in [0.25, 0.3) is 0 Å². The van der Waals surface area contributed by atoms with Crippen molar-refractivity contribution in [2.75, 3.05) is 26.3 Å². The zero-order valence-electron chi connectivity index (χ0n) is 9.17. The van der Waals surface area contributed by atoms with Gasteiger partial charge < -0.3 is 10.5 Å². The van der Waals surface area contributed by atoms with Crippen molar-refractivity contribution in [3.63, 3.8) is 0 Å². The van der Waals surface area contributed by atoms with Gasteiger partial charge in [0.05, 0.1) is 12.1 Å². The van der Waals surface area contributed by atoms with Gasteiger partial charge in [0.2, 0.25) is 0 Å². The van der Waals surface area contributed by atoms with E-state index in [1.54, 1.807) is 0 Å². The molecule has 2 heterocycles. The van der Waals surface area contributed by atoms with Crippen LogP contribution in [0.15, 0.2) is 0 Å². The van der Waals surface area contributed by atoms with Crippen molar-refractivity contribution in [3.05, 3.63) is 0 Å². The van der Waals surface area contributed by atoms with E-state index in [0.29, 0.717) is 0 Å². The number of hydrogen-bond donors (Lipinski definition) is 1. The summed E-state index contributed by atoms with van der Waals surface area (Å²) in [7, 11) is 0. The van der Waals surface area contributed by atoms with Gasteiger partial charge >= 0.3 is 0 Å². The Hall–Kier alpha value is -0.120. The van der Waals surface area contributed by atoms with Crippen molar-refractivity contribution in [3.8, 4) is 0 Å². The molecule has 0 amide bonds. The van der Waals surface area contributed by atoms with Gasteiger partial charge in [-0.1, -0.05) is 6.92 Å². The van der Waals surface area contributed by atoms with Crippen LogP contribution in [0.5, 0.6) is 0 Å². The first-order valence-electron chi connectivity index (χ1n) is 5.84. The first kappa shape index (κ1) is 10.4. The number of rotatable bonds is 3. The minimum absolute atomic E-state index is 0.0578. The molecule has 2 unspecified atom stereocenters. The molecule has 2 aliphatic rings. The highest BCUT2D eigenvalue weighted by molar-refractivity contribution is 4.93. The lowest BCUT2D eigenvalue weighted by atomic mass is 9.99. The normalized spacial score (nSPS) is 39.4. The lowest BCUT2D eigenvalue weighted by Crippen LogP contribution is -2.51. The smallest absolute Gasteiger partial charge is 0.0659 e. The first-order valence-corrected chi connectivity index (χ1v) is 5.84. The summed E-state index contributed by atoms with van der Waals surface area (Å²) in [6.45, 7) is 6.14. The van der Waals surface area contributed by atoms with Gasteiger partial charge in [0, 0.05) is 19.2 Å². The van der Waals surface area contributed by atoms with Crippen molar-refractivity contribution in [1.29, 1.82) is 0 Å². The Morgan fingerprint density at radius 2 is 2.43 bits per heavy atom. The maximum atomic E-state index is 6.29. The molecule has 2 fully saturated rings. The Bertz CT molecular complexity index is 190. The lowest BCUT2D eigenvalue weighted by molar-refractivity contribution is 0.146. The predicted octanol–water partition coefficient (Wildman–Crippen LogP) is 0.979. The summed E-state index contributed by atoms with van der Waals surface area (Å²) in [6, 6.07) is 0.774. The molecule has 0 aromatic heterocycles. The van der Waals surface area contributed by atoms with Gasteiger partial charge in [-0.15, -0.1) is 0 Å². The van der Waals surface area contributed by atoms with E-state index in [4.69, 9.17) is 10.5 Å². The van der Waals surface area contributed by atoms with E-state index in [2.05, 4.69) is 11.8 Å². The van der Waals surface area contributed by atoms with Crippen molar-refractivity contribution in [2.45, 2.75) is 44.2 Å². The van der Waals surface area contributed by atoms with E-state index in [0.717, 1.165) is 32.2 Å². The average molecular weight is 198 g/mol. The maximum absolute atomic E-state index is 6.29. The second-order valence-electron chi connectivity index (χ2n) is 4.84. The number of hydrogen-bond acceptors (Lipinski definition) is 3. The number of likely N-dealkylation sites (tertiary alicyclic amines) is 1. The molecule has 0 aromatic rings. The van der Waals surface area contributed by atoms with Crippen LogP contribution in [0.1, 0.15) is 32.6 Å². The number of nitrogens with zero attached hydrogens (tertiary/aromatic N) is 1. The molecular weight excluding hydrogens is 176 g/mol. The topological polar surface area (TPSA) is 38.5 Å². The third-order valence-corrected chi connectivity index (χ3v) is 3.62. The summed E-state index contributed by atoms with van der Waals surface area (Å²) in [5.74, 6) is 0. The Balaban J connectivity index is 1.89. The SMILES string of the molecule is CCC1CCCN1CC1(N)CCOC1. The monoisotopic (exact) mass is 198 g/mol. The van der Waals surface area contributed by atoms with E-state index >= 15 is 0 Å². The van der Waals surface area contributed by atoms with E-state index in [9.17, 15) is 0 Å². The fourth-order valence-electron chi connectivity index (χ4n) is 2.72. The molecule has 2 N–H and O–H groups in total. The van der Waals surface area contributed by atoms with Crippen LogP contribution < -0.4 is 5.73 Å². The molecule has 0 aliphatic carbocycles. The number of ether oxygens (including phenoxy) is 1. The molecule has 3 nitrogen and oxygen atoms in total. The Morgan fingerprint density at radius 1 is 1.57 bits per heavy atom. The summed E-state index contributed by atoms with van der Waals surface area (Å²) >= 11 is 0. The standard InChI is InChI=1S/C11H22N2O/c1-2-10-4-3-6-13(10)8-11(12)5-7-14-9-11/h10H,2-9,12H2,1H3. The minimum atomic E-state index is -0.0578. The van der Waals surface area contributed by atoms with Gasteiger partial charge in [-0.3, -0.25) is 4.90 Å². The highest BCUT2D eigenvalue weighted by atomic mass is 16.5. The summed E-state index contributed by atoms with van der Waals surface area (Å²) < 4.78 is 5.39. The van der Waals surface area contributed by atoms with Crippen LogP contribution in [0, 0.1) is 0 Å². The molecule has 2 saturated heterocycles. The summed E-state index contributed by atoms with van der Waals surface area (Å²) in [5, 5.41) is 0. The maximum Gasteiger partial charge on any atom is 0.0659 e. The van der Waals surface area contributed by atoms with Gasteiger partial charge in [-0.2, -0.15) is 0 Å². The molecule has 14 heavy (non-hydrogen) atoms. The molecule has 82 valence electrons. The average Bonchev–Trinajstić information content (AvgIpc) is 2.75. The van der Waals surface area contributed by atoms with E-state index in [1.807, 2.05) is 0 Å². The van der Waals surface area contributed by atoms with Crippen LogP contribution in [-0.2, 0) is 4.74 Å². The largest absolute Gasteiger partial charge is 0.379 e. The molecule has 0 saturated carbocycles. The van der Waals surface area contributed by atoms with Crippen LogP contribution in [0.25, 0.3) is 0 Å². The Morgan fingerprint density at radius 3 is 3.07 bits per heavy atom. The van der Waals surface area contributed by atoms with Gasteiger partial charge in [0.15, 0.2) is 0 Å². The van der Waals surface area contributed by atoms with Crippen molar-refractivity contribution in [2.24, 2.45) is 5.73 Å². The highest BCUT2D eigenvalue weighted by Gasteiger charge is 2.35. The van der Waals surface area contributed by atoms with Crippen LogP contribution >= 0.6 is 0 Å². The quantitative estimate of drug-likeness (QED) is 0.734. The van der Waals surface area contributed by atoms with Crippen LogP contribution in [-0.4, -0.2) is 42.8 Å². The zero-order valence-corrected chi connectivity index (χ0v) is 9.17. The molecule has 0 radical (unpaired) electrons. The van der Waals surface area contributed by atoms with E-state index in [1.165, 1.54) is 25.8 Å². The van der Waals surface area contributed by atoms with Crippen LogP contribution in [0.3, 0.4) is 0 Å². The molecular formula is C11H22N2O. The predicted molar refractivity (Wildman–Crippen MR) is 57.2 cm³/mol. The van der Waals surface area contributed by atoms with E-state index < -0.39 is 0 Å². The Labute approximate surface area is 86.6 Å². The van der Waals surface area contributed by atoms with Crippen LogP contribution in [0.4, 0.5) is 0 Å². The first-order chi connectivity index (χ1) is 6.73. The molecule has 0 bridgehead atoms. The summed E-state index contributed by atoms with van der Waals surface area (Å²) in [4.78, 5) is 2.56. The number of nitrogens with two attached hydrogens (primary N) is 1. The molecule has 0 spiro atoms. The fraction of sp³-hybridized carbons (Fsp3) is 1.00.